The van der Waals surface area contributed by atoms with E-state index in [1.165, 1.54) is 0 Å². The maximum atomic E-state index is 11.8. The number of nitrogens with one attached hydrogen (secondary N) is 2. The van der Waals surface area contributed by atoms with Gasteiger partial charge in [0.25, 0.3) is 0 Å². The molecule has 0 fully saturated rings. The maximum absolute atomic E-state index is 11.8. The molecule has 1 aromatic rings. The molecule has 112 valence electrons. The lowest BCUT2D eigenvalue weighted by Crippen LogP contribution is -2.31. The van der Waals surface area contributed by atoms with Crippen LogP contribution in [0.25, 0.3) is 0 Å². The average molecular weight is 281 g/mol. The number of para-hydroxylation sites is 1. The first-order valence-corrected chi connectivity index (χ1v) is 6.49. The number of hydrogen-bond donors (Lipinski definition) is 2. The number of ether oxygens (including phenoxy) is 2. The topological polar surface area (TPSA) is 62.8 Å². The monoisotopic (exact) mass is 281 g/mol. The molecule has 1 aromatic carbocycles. The first-order valence-electron chi connectivity index (χ1n) is 6.49. The smallest absolute Gasteiger partial charge is 0.319 e. The second-order valence-corrected chi connectivity index (χ2v) is 4.58. The van der Waals surface area contributed by atoms with Crippen molar-refractivity contribution in [1.29, 1.82) is 0 Å². The molecule has 2 N–H and O–H groups in total. The van der Waals surface area contributed by atoms with E-state index in [1.807, 2.05) is 14.1 Å². The molecule has 0 saturated carbocycles. The number of rotatable bonds is 7. The Morgan fingerprint density at radius 3 is 2.30 bits per heavy atom. The largest absolute Gasteiger partial charge is 0.494 e. The lowest BCUT2D eigenvalue weighted by atomic mass is 10.2. The average Bonchev–Trinajstić information content (AvgIpc) is 2.43. The van der Waals surface area contributed by atoms with Crippen molar-refractivity contribution in [2.45, 2.75) is 6.42 Å². The van der Waals surface area contributed by atoms with Gasteiger partial charge in [0.15, 0.2) is 0 Å². The number of carbonyl (C=O) groups excluding carboxylic acids is 1. The van der Waals surface area contributed by atoms with Gasteiger partial charge in [-0.15, -0.1) is 0 Å². The van der Waals surface area contributed by atoms with Gasteiger partial charge in [0.2, 0.25) is 0 Å². The van der Waals surface area contributed by atoms with Gasteiger partial charge < -0.3 is 25.0 Å². The van der Waals surface area contributed by atoms with Gasteiger partial charge >= 0.3 is 6.03 Å². The van der Waals surface area contributed by atoms with E-state index >= 15 is 0 Å². The summed E-state index contributed by atoms with van der Waals surface area (Å²) in [6, 6.07) is 5.07. The zero-order valence-electron chi connectivity index (χ0n) is 12.5. The van der Waals surface area contributed by atoms with Crippen LogP contribution in [0, 0.1) is 0 Å². The highest BCUT2D eigenvalue weighted by Gasteiger charge is 2.12. The number of benzene rings is 1. The zero-order valence-corrected chi connectivity index (χ0v) is 12.5. The third-order valence-electron chi connectivity index (χ3n) is 2.73. The summed E-state index contributed by atoms with van der Waals surface area (Å²) < 4.78 is 10.4. The normalized spacial score (nSPS) is 10.2. The van der Waals surface area contributed by atoms with Crippen LogP contribution >= 0.6 is 0 Å². The predicted octanol–water partition coefficient (Wildman–Crippen LogP) is 1.78. The Hall–Kier alpha value is -1.95. The Bertz CT molecular complexity index is 413. The molecule has 6 heteroatoms. The quantitative estimate of drug-likeness (QED) is 0.748. The van der Waals surface area contributed by atoms with Gasteiger partial charge in [-0.25, -0.2) is 4.79 Å². The molecule has 2 amide bonds. The van der Waals surface area contributed by atoms with Crippen LogP contribution < -0.4 is 20.1 Å². The van der Waals surface area contributed by atoms with Crippen molar-refractivity contribution >= 4 is 11.7 Å². The molecule has 0 unspecified atom stereocenters. The highest BCUT2D eigenvalue weighted by Crippen LogP contribution is 2.33. The Labute approximate surface area is 120 Å². The summed E-state index contributed by atoms with van der Waals surface area (Å²) in [6.07, 6.45) is 0.892. The van der Waals surface area contributed by atoms with E-state index < -0.39 is 0 Å². The molecule has 0 heterocycles. The first-order chi connectivity index (χ1) is 9.58. The number of nitrogens with zero attached hydrogens (tertiary/aromatic N) is 1. The van der Waals surface area contributed by atoms with Crippen molar-refractivity contribution in [3.8, 4) is 11.5 Å². The molecule has 0 atom stereocenters. The zero-order chi connectivity index (χ0) is 15.0. The lowest BCUT2D eigenvalue weighted by molar-refractivity contribution is 0.251. The molecule has 0 aliphatic rings. The van der Waals surface area contributed by atoms with Crippen molar-refractivity contribution in [2.75, 3.05) is 46.7 Å². The molecule has 0 spiro atoms. The fourth-order valence-electron chi connectivity index (χ4n) is 1.73. The highest BCUT2D eigenvalue weighted by molar-refractivity contribution is 5.92. The van der Waals surface area contributed by atoms with Crippen molar-refractivity contribution < 1.29 is 14.3 Å². The minimum absolute atomic E-state index is 0.272. The minimum atomic E-state index is -0.272. The number of anilines is 1. The first kappa shape index (κ1) is 16.1. The molecule has 1 rings (SSSR count). The van der Waals surface area contributed by atoms with Crippen LogP contribution in [0.3, 0.4) is 0 Å². The predicted molar refractivity (Wildman–Crippen MR) is 79.7 cm³/mol. The summed E-state index contributed by atoms with van der Waals surface area (Å²) >= 11 is 0. The lowest BCUT2D eigenvalue weighted by Gasteiger charge is -2.15. The molecule has 20 heavy (non-hydrogen) atoms. The van der Waals surface area contributed by atoms with Crippen LogP contribution in [0.15, 0.2) is 18.2 Å². The molecular formula is C14H23N3O3. The van der Waals surface area contributed by atoms with E-state index in [4.69, 9.17) is 9.47 Å². The van der Waals surface area contributed by atoms with E-state index in [0.717, 1.165) is 13.0 Å². The van der Waals surface area contributed by atoms with Gasteiger partial charge in [-0.1, -0.05) is 6.07 Å². The Morgan fingerprint density at radius 2 is 1.80 bits per heavy atom. The summed E-state index contributed by atoms with van der Waals surface area (Å²) in [5, 5.41) is 5.56. The summed E-state index contributed by atoms with van der Waals surface area (Å²) in [7, 11) is 7.10. The van der Waals surface area contributed by atoms with Gasteiger partial charge in [0.1, 0.15) is 17.2 Å². The van der Waals surface area contributed by atoms with E-state index in [1.54, 1.807) is 32.4 Å². The fourth-order valence-corrected chi connectivity index (χ4v) is 1.73. The van der Waals surface area contributed by atoms with E-state index in [-0.39, 0.29) is 6.03 Å². The van der Waals surface area contributed by atoms with E-state index in [9.17, 15) is 4.79 Å². The Morgan fingerprint density at radius 1 is 1.20 bits per heavy atom. The second-order valence-electron chi connectivity index (χ2n) is 4.58. The molecule has 0 radical (unpaired) electrons. The van der Waals surface area contributed by atoms with Gasteiger partial charge in [-0.3, -0.25) is 0 Å². The third kappa shape index (κ3) is 4.97. The molecule has 0 aliphatic carbocycles. The summed E-state index contributed by atoms with van der Waals surface area (Å²) in [6.45, 7) is 1.54. The van der Waals surface area contributed by atoms with Crippen LogP contribution in [0.5, 0.6) is 11.5 Å². The molecule has 6 nitrogen and oxygen atoms in total. The second kappa shape index (κ2) is 8.27. The highest BCUT2D eigenvalue weighted by atomic mass is 16.5. The SMILES string of the molecule is COc1cccc(OC)c1NC(=O)NCCCN(C)C. The number of urea groups is 1. The van der Waals surface area contributed by atoms with Crippen molar-refractivity contribution in [2.24, 2.45) is 0 Å². The van der Waals surface area contributed by atoms with Crippen molar-refractivity contribution in [1.82, 2.24) is 10.2 Å². The number of carbonyl (C=O) groups is 1. The number of hydrogen-bond acceptors (Lipinski definition) is 4. The van der Waals surface area contributed by atoms with Crippen LogP contribution in [0.1, 0.15) is 6.42 Å². The number of methoxy groups -OCH3 is 2. The van der Waals surface area contributed by atoms with Crippen LogP contribution in [-0.4, -0.2) is 52.3 Å². The minimum Gasteiger partial charge on any atom is -0.494 e. The standard InChI is InChI=1S/C14H23N3O3/c1-17(2)10-6-9-15-14(18)16-13-11(19-3)7-5-8-12(13)20-4/h5,7-8H,6,9-10H2,1-4H3,(H2,15,16,18). The van der Waals surface area contributed by atoms with Crippen molar-refractivity contribution in [3.05, 3.63) is 18.2 Å². The molecule has 0 saturated heterocycles. The summed E-state index contributed by atoms with van der Waals surface area (Å²) in [5.74, 6) is 1.13. The van der Waals surface area contributed by atoms with Gasteiger partial charge in [0, 0.05) is 6.54 Å². The molecule has 0 aromatic heterocycles. The van der Waals surface area contributed by atoms with E-state index in [2.05, 4.69) is 15.5 Å². The van der Waals surface area contributed by atoms with Crippen LogP contribution in [-0.2, 0) is 0 Å². The van der Waals surface area contributed by atoms with E-state index in [0.29, 0.717) is 23.7 Å². The summed E-state index contributed by atoms with van der Waals surface area (Å²) in [4.78, 5) is 13.9. The van der Waals surface area contributed by atoms with Crippen LogP contribution in [0.4, 0.5) is 10.5 Å². The van der Waals surface area contributed by atoms with Gasteiger partial charge in [-0.2, -0.15) is 0 Å². The van der Waals surface area contributed by atoms with Crippen LogP contribution in [0.2, 0.25) is 0 Å². The maximum Gasteiger partial charge on any atom is 0.319 e. The molecule has 0 bridgehead atoms. The Balaban J connectivity index is 2.57. The Kier molecular flexibility index (Phi) is 6.66. The van der Waals surface area contributed by atoms with Gasteiger partial charge in [0.05, 0.1) is 14.2 Å². The molecular weight excluding hydrogens is 258 g/mol. The third-order valence-corrected chi connectivity index (χ3v) is 2.73. The molecule has 0 aliphatic heterocycles. The summed E-state index contributed by atoms with van der Waals surface area (Å²) in [5.41, 5.74) is 0.530. The van der Waals surface area contributed by atoms with Gasteiger partial charge in [-0.05, 0) is 39.2 Å². The number of amides is 2. The van der Waals surface area contributed by atoms with Crippen molar-refractivity contribution in [3.63, 3.8) is 0 Å². The fraction of sp³-hybridized carbons (Fsp3) is 0.500.